The number of hydrogen-bond acceptors (Lipinski definition) is 0. The highest BCUT2D eigenvalue weighted by Crippen LogP contribution is 2.16. The van der Waals surface area contributed by atoms with Gasteiger partial charge in [-0.2, -0.15) is 0 Å². The zero-order valence-corrected chi connectivity index (χ0v) is 10.8. The van der Waals surface area contributed by atoms with E-state index in [1.165, 1.54) is 0 Å². The first kappa shape index (κ1) is 10.7. The molecule has 3 heteroatoms. The first-order chi connectivity index (χ1) is 5.86. The highest BCUT2D eigenvalue weighted by Gasteiger charge is 2.44. The molecule has 1 rings (SSSR count). The molecule has 1 nitrogen and oxygen atoms in total. The smallest absolute Gasteiger partial charge is 0.250 e. The zero-order valence-electron chi connectivity index (χ0n) is 8.79. The van der Waals surface area contributed by atoms with Crippen molar-refractivity contribution in [3.05, 3.63) is 30.3 Å². The van der Waals surface area contributed by atoms with Crippen LogP contribution in [-0.2, 0) is 4.80 Å². The lowest BCUT2D eigenvalue weighted by Crippen LogP contribution is -2.62. The van der Waals surface area contributed by atoms with E-state index in [-0.39, 0.29) is 0 Å². The van der Waals surface area contributed by atoms with E-state index in [2.05, 4.69) is 19.6 Å². The fourth-order valence-electron chi connectivity index (χ4n) is 1.19. The summed E-state index contributed by atoms with van der Waals surface area (Å²) in [5.41, 5.74) is 0. The maximum Gasteiger partial charge on any atom is 0.250 e. The molecule has 0 aromatic heterocycles. The van der Waals surface area contributed by atoms with E-state index in [0.717, 1.165) is 5.19 Å². The van der Waals surface area contributed by atoms with Crippen molar-refractivity contribution in [3.63, 3.8) is 0 Å². The van der Waals surface area contributed by atoms with E-state index in [9.17, 15) is 4.80 Å². The molecule has 1 aromatic carbocycles. The van der Waals surface area contributed by atoms with Crippen LogP contribution in [-0.4, -0.2) is 15.4 Å². The molecule has 0 spiro atoms. The van der Waals surface area contributed by atoms with Gasteiger partial charge < -0.3 is 0 Å². The first-order valence-corrected chi connectivity index (χ1v) is 11.5. The SMILES string of the molecule is C[Si](C)(C)[Si](C)([O])c1ccccc1. The van der Waals surface area contributed by atoms with Gasteiger partial charge in [-0.3, -0.25) is 4.80 Å². The van der Waals surface area contributed by atoms with Crippen molar-refractivity contribution >= 4 is 20.6 Å². The molecule has 0 amide bonds. The predicted octanol–water partition coefficient (Wildman–Crippen LogP) is 2.32. The van der Waals surface area contributed by atoms with Crippen molar-refractivity contribution in [1.29, 1.82) is 0 Å². The van der Waals surface area contributed by atoms with Crippen LogP contribution in [0.25, 0.3) is 0 Å². The van der Waals surface area contributed by atoms with Crippen LogP contribution in [0.5, 0.6) is 0 Å². The molecule has 0 aliphatic heterocycles. The summed E-state index contributed by atoms with van der Waals surface area (Å²) in [6.45, 7) is 8.49. The van der Waals surface area contributed by atoms with Crippen molar-refractivity contribution in [1.82, 2.24) is 0 Å². The Kier molecular flexibility index (Phi) is 2.80. The molecule has 1 radical (unpaired) electrons. The van der Waals surface area contributed by atoms with Gasteiger partial charge in [0, 0.05) is 0 Å². The van der Waals surface area contributed by atoms with Crippen molar-refractivity contribution in [2.45, 2.75) is 26.2 Å². The maximum atomic E-state index is 12.5. The van der Waals surface area contributed by atoms with Gasteiger partial charge in [0.25, 0.3) is 0 Å². The van der Waals surface area contributed by atoms with Gasteiger partial charge in [-0.25, -0.2) is 0 Å². The van der Waals surface area contributed by atoms with E-state index in [4.69, 9.17) is 0 Å². The molecule has 0 saturated heterocycles. The molecule has 1 atom stereocenters. The molecule has 0 heterocycles. The van der Waals surface area contributed by atoms with Crippen molar-refractivity contribution in [2.75, 3.05) is 0 Å². The van der Waals surface area contributed by atoms with Gasteiger partial charge in [-0.1, -0.05) is 50.0 Å². The van der Waals surface area contributed by atoms with Crippen LogP contribution < -0.4 is 5.19 Å². The van der Waals surface area contributed by atoms with Crippen molar-refractivity contribution in [2.24, 2.45) is 0 Å². The van der Waals surface area contributed by atoms with Crippen LogP contribution in [0.15, 0.2) is 30.3 Å². The monoisotopic (exact) mass is 209 g/mol. The summed E-state index contributed by atoms with van der Waals surface area (Å²) in [4.78, 5) is 12.5. The Hall–Kier alpha value is -0.386. The van der Waals surface area contributed by atoms with E-state index < -0.39 is 15.4 Å². The third kappa shape index (κ3) is 2.10. The minimum Gasteiger partial charge on any atom is -0.296 e. The van der Waals surface area contributed by atoms with Gasteiger partial charge in [0.1, 0.15) is 0 Å². The van der Waals surface area contributed by atoms with Crippen molar-refractivity contribution < 1.29 is 4.80 Å². The van der Waals surface area contributed by atoms with Crippen LogP contribution in [0.1, 0.15) is 0 Å². The summed E-state index contributed by atoms with van der Waals surface area (Å²) in [5, 5.41) is 1.06. The average Bonchev–Trinajstić information content (AvgIpc) is 2.04. The highest BCUT2D eigenvalue weighted by molar-refractivity contribution is 7.42. The Bertz CT molecular complexity index is 275. The van der Waals surface area contributed by atoms with Crippen LogP contribution in [0.4, 0.5) is 0 Å². The Morgan fingerprint density at radius 3 is 1.77 bits per heavy atom. The van der Waals surface area contributed by atoms with Gasteiger partial charge >= 0.3 is 0 Å². The molecule has 1 aromatic rings. The molecule has 71 valence electrons. The zero-order chi connectivity index (χ0) is 10.1. The summed E-state index contributed by atoms with van der Waals surface area (Å²) >= 11 is 0. The summed E-state index contributed by atoms with van der Waals surface area (Å²) < 4.78 is 0. The van der Waals surface area contributed by atoms with E-state index >= 15 is 0 Å². The van der Waals surface area contributed by atoms with Gasteiger partial charge in [0.15, 0.2) is 0 Å². The summed E-state index contributed by atoms with van der Waals surface area (Å²) in [5.74, 6) is 0. The summed E-state index contributed by atoms with van der Waals surface area (Å²) in [6, 6.07) is 9.91. The Balaban J connectivity index is 3.08. The fourth-order valence-corrected chi connectivity index (χ4v) is 5.98. The molecule has 0 saturated carbocycles. The van der Waals surface area contributed by atoms with Gasteiger partial charge in [-0.05, 0) is 11.7 Å². The predicted molar refractivity (Wildman–Crippen MR) is 61.7 cm³/mol. The first-order valence-electron chi connectivity index (χ1n) is 4.61. The Morgan fingerprint density at radius 1 is 0.923 bits per heavy atom. The van der Waals surface area contributed by atoms with Crippen LogP contribution in [0, 0.1) is 0 Å². The molecule has 0 aliphatic rings. The molecular weight excluding hydrogens is 192 g/mol. The summed E-state index contributed by atoms with van der Waals surface area (Å²) in [7, 11) is -3.93. The maximum absolute atomic E-state index is 12.5. The van der Waals surface area contributed by atoms with Crippen LogP contribution in [0.2, 0.25) is 26.2 Å². The second-order valence-electron chi connectivity index (χ2n) is 4.65. The Labute approximate surface area is 82.4 Å². The number of benzene rings is 1. The van der Waals surface area contributed by atoms with E-state index in [1.807, 2.05) is 36.9 Å². The second kappa shape index (κ2) is 3.40. The normalized spacial score (nSPS) is 16.7. The summed E-state index contributed by atoms with van der Waals surface area (Å²) in [6.07, 6.45) is 0. The van der Waals surface area contributed by atoms with Crippen molar-refractivity contribution in [3.8, 4) is 0 Å². The highest BCUT2D eigenvalue weighted by atomic mass is 29.3. The van der Waals surface area contributed by atoms with E-state index in [0.29, 0.717) is 0 Å². The Morgan fingerprint density at radius 2 is 1.38 bits per heavy atom. The van der Waals surface area contributed by atoms with Crippen LogP contribution in [0.3, 0.4) is 0 Å². The number of hydrogen-bond donors (Lipinski definition) is 0. The van der Waals surface area contributed by atoms with Crippen LogP contribution >= 0.6 is 0 Å². The molecule has 1 unspecified atom stereocenters. The molecular formula is C10H17OSi2. The number of rotatable bonds is 2. The topological polar surface area (TPSA) is 19.9 Å². The minimum absolute atomic E-state index is 1.06. The van der Waals surface area contributed by atoms with Gasteiger partial charge in [0.2, 0.25) is 7.83 Å². The lowest BCUT2D eigenvalue weighted by Gasteiger charge is -2.30. The standard InChI is InChI=1S/C10H17OSi2/c1-12(2,3)13(4,11)10-8-6-5-7-9-10/h5-9H,1-4H3. The molecule has 0 bridgehead atoms. The quantitative estimate of drug-likeness (QED) is 0.666. The molecule has 0 fully saturated rings. The molecule has 0 aliphatic carbocycles. The largest absolute Gasteiger partial charge is 0.296 e. The molecule has 0 N–H and O–H groups in total. The second-order valence-corrected chi connectivity index (χ2v) is 19.2. The average molecular weight is 209 g/mol. The molecule has 13 heavy (non-hydrogen) atoms. The van der Waals surface area contributed by atoms with E-state index in [1.54, 1.807) is 0 Å². The fraction of sp³-hybridized carbons (Fsp3) is 0.400. The lowest BCUT2D eigenvalue weighted by atomic mass is 10.4. The third-order valence-corrected chi connectivity index (χ3v) is 16.5. The third-order valence-electron chi connectivity index (χ3n) is 2.76. The van der Waals surface area contributed by atoms with Gasteiger partial charge in [-0.15, -0.1) is 0 Å². The van der Waals surface area contributed by atoms with Gasteiger partial charge in [0.05, 0.1) is 7.59 Å². The lowest BCUT2D eigenvalue weighted by molar-refractivity contribution is 0.453. The minimum atomic E-state index is -2.39.